The van der Waals surface area contributed by atoms with Crippen molar-refractivity contribution in [3.05, 3.63) is 51.7 Å². The van der Waals surface area contributed by atoms with E-state index in [1.807, 2.05) is 0 Å². The first-order valence-electron chi connectivity index (χ1n) is 11.7. The molecule has 2 aromatic carbocycles. The highest BCUT2D eigenvalue weighted by atomic mass is 16.5. The number of hydrogen-bond donors (Lipinski definition) is 9. The minimum absolute atomic E-state index is 0.0475. The predicted octanol–water partition coefficient (Wildman–Crippen LogP) is -1.12. The number of benzene rings is 2. The Kier molecular flexibility index (Phi) is 6.79. The lowest BCUT2D eigenvalue weighted by molar-refractivity contribution is -0.191. The topological polar surface area (TPSA) is 231 Å². The van der Waals surface area contributed by atoms with Gasteiger partial charge in [-0.25, -0.2) is 0 Å². The third kappa shape index (κ3) is 4.19. The summed E-state index contributed by atoms with van der Waals surface area (Å²) >= 11 is 0. The standard InChI is InChI=1S/C25H26O13/c26-9-3-1-8(2-4-9)13-5-10(27)14-19(32)15(24-21(34)17(30)11(28)6-36-24)20(33)16(23(14)38-13)25-22(35)18(31)12(29)7-37-25/h1-5,11-12,17-18,21-22,24-26,28-35H,6-7H2/t11-,12+,17+,18+,21-,22-,24+,25+/m1/s1. The number of rotatable bonds is 3. The molecule has 0 unspecified atom stereocenters. The maximum absolute atomic E-state index is 13.3. The van der Waals surface area contributed by atoms with Crippen molar-refractivity contribution in [2.75, 3.05) is 13.2 Å². The molecule has 8 atom stereocenters. The van der Waals surface area contributed by atoms with Crippen molar-refractivity contribution in [2.24, 2.45) is 0 Å². The summed E-state index contributed by atoms with van der Waals surface area (Å²) < 4.78 is 16.8. The minimum atomic E-state index is -1.85. The fraction of sp³-hybridized carbons (Fsp3) is 0.400. The van der Waals surface area contributed by atoms with Gasteiger partial charge in [-0.15, -0.1) is 0 Å². The smallest absolute Gasteiger partial charge is 0.197 e. The van der Waals surface area contributed by atoms with Gasteiger partial charge in [0.2, 0.25) is 0 Å². The van der Waals surface area contributed by atoms with E-state index < -0.39 is 101 Å². The molecule has 5 rings (SSSR count). The fourth-order valence-corrected chi connectivity index (χ4v) is 4.83. The minimum Gasteiger partial charge on any atom is -0.508 e. The number of fused-ring (bicyclic) bond motifs is 1. The van der Waals surface area contributed by atoms with Crippen LogP contribution in [0.5, 0.6) is 17.2 Å². The number of phenolic OH excluding ortho intramolecular Hbond substituents is 3. The van der Waals surface area contributed by atoms with E-state index in [0.29, 0.717) is 5.56 Å². The number of aromatic hydroxyl groups is 3. The van der Waals surface area contributed by atoms with Crippen molar-refractivity contribution < 1.29 is 59.8 Å². The van der Waals surface area contributed by atoms with Crippen LogP contribution in [0.1, 0.15) is 23.3 Å². The second kappa shape index (κ2) is 9.80. The predicted molar refractivity (Wildman–Crippen MR) is 126 cm³/mol. The van der Waals surface area contributed by atoms with Crippen LogP contribution in [0.4, 0.5) is 0 Å². The van der Waals surface area contributed by atoms with E-state index in [9.17, 15) is 50.8 Å². The molecular weight excluding hydrogens is 508 g/mol. The molecule has 0 aliphatic carbocycles. The van der Waals surface area contributed by atoms with Crippen molar-refractivity contribution in [2.45, 2.75) is 48.8 Å². The Morgan fingerprint density at radius 1 is 0.684 bits per heavy atom. The van der Waals surface area contributed by atoms with Crippen LogP contribution in [-0.2, 0) is 9.47 Å². The van der Waals surface area contributed by atoms with Gasteiger partial charge in [0.1, 0.15) is 77.2 Å². The summed E-state index contributed by atoms with van der Waals surface area (Å²) in [6, 6.07) is 6.60. The first-order chi connectivity index (χ1) is 18.0. The Balaban J connectivity index is 1.80. The first-order valence-corrected chi connectivity index (χ1v) is 11.7. The van der Waals surface area contributed by atoms with Gasteiger partial charge in [-0.05, 0) is 24.3 Å². The lowest BCUT2D eigenvalue weighted by Gasteiger charge is -2.38. The Hall–Kier alpha value is -3.27. The third-order valence-electron chi connectivity index (χ3n) is 6.92. The molecule has 0 amide bonds. The molecule has 2 fully saturated rings. The Bertz CT molecular complexity index is 1400. The highest BCUT2D eigenvalue weighted by Crippen LogP contribution is 2.50. The molecule has 13 nitrogen and oxygen atoms in total. The Morgan fingerprint density at radius 2 is 1.21 bits per heavy atom. The first kappa shape index (κ1) is 26.3. The summed E-state index contributed by atoms with van der Waals surface area (Å²) in [5, 5.41) is 93.1. The molecule has 0 spiro atoms. The normalized spacial score (nSPS) is 31.9. The quantitative estimate of drug-likeness (QED) is 0.194. The Labute approximate surface area is 213 Å². The van der Waals surface area contributed by atoms with E-state index in [-0.39, 0.29) is 11.5 Å². The maximum atomic E-state index is 13.3. The van der Waals surface area contributed by atoms with Gasteiger partial charge in [-0.3, -0.25) is 4.79 Å². The summed E-state index contributed by atoms with van der Waals surface area (Å²) in [5.41, 5.74) is -1.86. The van der Waals surface area contributed by atoms with Gasteiger partial charge in [-0.2, -0.15) is 0 Å². The number of aliphatic hydroxyl groups excluding tert-OH is 6. The SMILES string of the molecule is O=c1cc(-c2ccc(O)cc2)oc2c([C@@H]3OC[C@H](O)[C@H](O)[C@H]3O)c(O)c([C@@H]3OC[C@@H](O)[C@H](O)[C@H]3O)c(O)c12. The van der Waals surface area contributed by atoms with E-state index >= 15 is 0 Å². The number of hydrogen-bond acceptors (Lipinski definition) is 13. The van der Waals surface area contributed by atoms with Gasteiger partial charge >= 0.3 is 0 Å². The third-order valence-corrected chi connectivity index (χ3v) is 6.92. The highest BCUT2D eigenvalue weighted by molar-refractivity contribution is 5.91. The second-order valence-electron chi connectivity index (χ2n) is 9.36. The molecule has 13 heteroatoms. The zero-order valence-corrected chi connectivity index (χ0v) is 19.6. The molecule has 3 aromatic rings. The van der Waals surface area contributed by atoms with E-state index in [0.717, 1.165) is 6.07 Å². The van der Waals surface area contributed by atoms with Crippen LogP contribution < -0.4 is 5.43 Å². The summed E-state index contributed by atoms with van der Waals surface area (Å²) in [5.74, 6) is -1.80. The van der Waals surface area contributed by atoms with E-state index in [4.69, 9.17) is 13.9 Å². The number of aliphatic hydroxyl groups is 6. The van der Waals surface area contributed by atoms with Crippen LogP contribution in [0.2, 0.25) is 0 Å². The van der Waals surface area contributed by atoms with Gasteiger partial charge in [-0.1, -0.05) is 0 Å². The molecule has 1 aromatic heterocycles. The van der Waals surface area contributed by atoms with Crippen molar-refractivity contribution in [3.8, 4) is 28.6 Å². The molecule has 0 radical (unpaired) electrons. The zero-order chi connectivity index (χ0) is 27.5. The highest BCUT2D eigenvalue weighted by Gasteiger charge is 2.46. The molecule has 2 aliphatic rings. The average Bonchev–Trinajstić information content (AvgIpc) is 2.88. The molecule has 2 saturated heterocycles. The van der Waals surface area contributed by atoms with Gasteiger partial charge in [0, 0.05) is 11.6 Å². The lowest BCUT2D eigenvalue weighted by atomic mass is 9.87. The molecule has 3 heterocycles. The van der Waals surface area contributed by atoms with Crippen LogP contribution in [0, 0.1) is 0 Å². The van der Waals surface area contributed by atoms with E-state index in [2.05, 4.69) is 0 Å². The van der Waals surface area contributed by atoms with Crippen LogP contribution in [0.3, 0.4) is 0 Å². The summed E-state index contributed by atoms with van der Waals surface area (Å²) in [4.78, 5) is 13.3. The van der Waals surface area contributed by atoms with Crippen molar-refractivity contribution in [3.63, 3.8) is 0 Å². The van der Waals surface area contributed by atoms with E-state index in [1.54, 1.807) is 0 Å². The van der Waals surface area contributed by atoms with Crippen molar-refractivity contribution in [1.29, 1.82) is 0 Å². The maximum Gasteiger partial charge on any atom is 0.197 e. The van der Waals surface area contributed by atoms with Gasteiger partial charge in [0.15, 0.2) is 11.0 Å². The van der Waals surface area contributed by atoms with Gasteiger partial charge < -0.3 is 59.8 Å². The second-order valence-corrected chi connectivity index (χ2v) is 9.36. The molecule has 38 heavy (non-hydrogen) atoms. The lowest BCUT2D eigenvalue weighted by Crippen LogP contribution is -2.49. The van der Waals surface area contributed by atoms with Crippen LogP contribution in [0.15, 0.2) is 39.5 Å². The molecule has 0 bridgehead atoms. The van der Waals surface area contributed by atoms with Gasteiger partial charge in [0.25, 0.3) is 0 Å². The van der Waals surface area contributed by atoms with Crippen LogP contribution in [-0.4, -0.2) is 95.8 Å². The zero-order valence-electron chi connectivity index (χ0n) is 19.6. The molecule has 2 aliphatic heterocycles. The fourth-order valence-electron chi connectivity index (χ4n) is 4.83. The number of ether oxygens (including phenoxy) is 2. The molecule has 9 N–H and O–H groups in total. The monoisotopic (exact) mass is 534 g/mol. The van der Waals surface area contributed by atoms with Crippen LogP contribution >= 0.6 is 0 Å². The molecule has 0 saturated carbocycles. The van der Waals surface area contributed by atoms with Crippen molar-refractivity contribution in [1.82, 2.24) is 0 Å². The van der Waals surface area contributed by atoms with Gasteiger partial charge in [0.05, 0.1) is 24.3 Å². The van der Waals surface area contributed by atoms with E-state index in [1.165, 1.54) is 24.3 Å². The van der Waals surface area contributed by atoms with Crippen LogP contribution in [0.25, 0.3) is 22.3 Å². The summed E-state index contributed by atoms with van der Waals surface area (Å²) in [7, 11) is 0. The largest absolute Gasteiger partial charge is 0.508 e. The van der Waals surface area contributed by atoms with Crippen molar-refractivity contribution >= 4 is 11.0 Å². The summed E-state index contributed by atoms with van der Waals surface area (Å²) in [6.07, 6.45) is -13.3. The average molecular weight is 534 g/mol. The summed E-state index contributed by atoms with van der Waals surface area (Å²) in [6.45, 7) is -0.966. The Morgan fingerprint density at radius 3 is 1.76 bits per heavy atom. The molecule has 204 valence electrons. The number of phenols is 3. The molecular formula is C25H26O13.